The van der Waals surface area contributed by atoms with Crippen LogP contribution in [0.1, 0.15) is 12.0 Å². The second kappa shape index (κ2) is 9.75. The Morgan fingerprint density at radius 3 is 2.42 bits per heavy atom. The number of rotatable bonds is 8. The van der Waals surface area contributed by atoms with Crippen LogP contribution in [0.25, 0.3) is 0 Å². The summed E-state index contributed by atoms with van der Waals surface area (Å²) in [5.41, 5.74) is 7.04. The van der Waals surface area contributed by atoms with Crippen LogP contribution in [0.15, 0.2) is 59.7 Å². The molecule has 3 rings (SSSR count). The number of likely N-dealkylation sites (N-methyl/N-ethyl adjacent to an activating group) is 1. The van der Waals surface area contributed by atoms with E-state index in [1.54, 1.807) is 50.6 Å². The van der Waals surface area contributed by atoms with Gasteiger partial charge in [-0.2, -0.15) is 5.10 Å². The van der Waals surface area contributed by atoms with Crippen LogP contribution in [0.4, 0.5) is 5.69 Å². The molecule has 0 saturated carbocycles. The Balaban J connectivity index is 1.57. The van der Waals surface area contributed by atoms with Gasteiger partial charge in [-0.05, 0) is 29.8 Å². The van der Waals surface area contributed by atoms with Gasteiger partial charge in [-0.1, -0.05) is 30.3 Å². The molecule has 9 nitrogen and oxygen atoms in total. The minimum absolute atomic E-state index is 0.0128. The molecule has 0 spiro atoms. The Morgan fingerprint density at radius 1 is 1.13 bits per heavy atom. The Hall–Kier alpha value is -3.88. The predicted molar refractivity (Wildman–Crippen MR) is 114 cm³/mol. The average Bonchev–Trinajstić information content (AvgIpc) is 3.24. The fourth-order valence-corrected chi connectivity index (χ4v) is 3.09. The second-order valence-corrected chi connectivity index (χ2v) is 7.02. The van der Waals surface area contributed by atoms with Gasteiger partial charge in [-0.25, -0.2) is 4.79 Å². The van der Waals surface area contributed by atoms with Gasteiger partial charge in [0.1, 0.15) is 17.5 Å². The van der Waals surface area contributed by atoms with Gasteiger partial charge in [-0.3, -0.25) is 14.6 Å². The molecule has 1 heterocycles. The van der Waals surface area contributed by atoms with E-state index >= 15 is 0 Å². The summed E-state index contributed by atoms with van der Waals surface area (Å²) in [6.45, 7) is -0.0794. The molecule has 2 N–H and O–H groups in total. The molecule has 2 aromatic rings. The number of esters is 1. The van der Waals surface area contributed by atoms with Crippen molar-refractivity contribution < 1.29 is 23.9 Å². The summed E-state index contributed by atoms with van der Waals surface area (Å²) in [6, 6.07) is 15.4. The Kier molecular flexibility index (Phi) is 6.86. The topological polar surface area (TPSA) is 115 Å². The number of anilines is 1. The van der Waals surface area contributed by atoms with Crippen molar-refractivity contribution >= 4 is 29.2 Å². The Morgan fingerprint density at radius 2 is 1.81 bits per heavy atom. The van der Waals surface area contributed by atoms with Gasteiger partial charge in [0, 0.05) is 20.0 Å². The molecule has 1 aliphatic heterocycles. The number of methoxy groups -OCH3 is 1. The van der Waals surface area contributed by atoms with Gasteiger partial charge in [0.2, 0.25) is 5.91 Å². The summed E-state index contributed by atoms with van der Waals surface area (Å²) in [7, 11) is 3.20. The van der Waals surface area contributed by atoms with Crippen LogP contribution in [-0.2, 0) is 25.7 Å². The summed E-state index contributed by atoms with van der Waals surface area (Å²) in [5.74, 6) is -1.00. The van der Waals surface area contributed by atoms with Crippen molar-refractivity contribution in [2.45, 2.75) is 19.0 Å². The second-order valence-electron chi connectivity index (χ2n) is 7.02. The first kappa shape index (κ1) is 21.8. The fourth-order valence-electron chi connectivity index (χ4n) is 3.09. The Bertz CT molecular complexity index is 975. The molecule has 0 saturated heterocycles. The number of hydrazone groups is 1. The quantitative estimate of drug-likeness (QED) is 0.639. The third kappa shape index (κ3) is 5.39. The number of para-hydroxylation sites is 1. The Labute approximate surface area is 180 Å². The summed E-state index contributed by atoms with van der Waals surface area (Å²) in [4.78, 5) is 38.0. The lowest BCUT2D eigenvalue weighted by molar-refractivity contribution is -0.146. The third-order valence-corrected chi connectivity index (χ3v) is 4.83. The number of nitrogens with zero attached hydrogens (tertiary/aromatic N) is 3. The van der Waals surface area contributed by atoms with Crippen LogP contribution >= 0.6 is 0 Å². The number of primary amides is 1. The highest BCUT2D eigenvalue weighted by molar-refractivity contribution is 6.38. The van der Waals surface area contributed by atoms with Crippen molar-refractivity contribution in [2.75, 3.05) is 25.8 Å². The van der Waals surface area contributed by atoms with Crippen molar-refractivity contribution in [2.24, 2.45) is 10.8 Å². The van der Waals surface area contributed by atoms with E-state index in [1.807, 2.05) is 18.2 Å². The van der Waals surface area contributed by atoms with Gasteiger partial charge >= 0.3 is 5.97 Å². The zero-order chi connectivity index (χ0) is 22.4. The SMILES string of the molecule is COc1ccc(CN(C)C(=O)COC(=O)C2=NN(c3ccccc3)[C@H](C(N)=O)C2)cc1. The maximum atomic E-state index is 12.4. The smallest absolute Gasteiger partial charge is 0.355 e. The lowest BCUT2D eigenvalue weighted by Gasteiger charge is -2.20. The number of ether oxygens (including phenoxy) is 2. The molecule has 0 radical (unpaired) electrons. The number of nitrogens with two attached hydrogens (primary N) is 1. The highest BCUT2D eigenvalue weighted by atomic mass is 16.5. The van der Waals surface area contributed by atoms with E-state index in [1.165, 1.54) is 9.91 Å². The largest absolute Gasteiger partial charge is 0.497 e. The highest BCUT2D eigenvalue weighted by Gasteiger charge is 2.35. The third-order valence-electron chi connectivity index (χ3n) is 4.83. The maximum Gasteiger partial charge on any atom is 0.355 e. The molecule has 162 valence electrons. The molecule has 2 aromatic carbocycles. The first-order valence-corrected chi connectivity index (χ1v) is 9.64. The van der Waals surface area contributed by atoms with Gasteiger partial charge in [0.25, 0.3) is 5.91 Å². The monoisotopic (exact) mass is 424 g/mol. The van der Waals surface area contributed by atoms with E-state index < -0.39 is 24.5 Å². The minimum Gasteiger partial charge on any atom is -0.497 e. The van der Waals surface area contributed by atoms with Gasteiger partial charge in [0.05, 0.1) is 12.8 Å². The van der Waals surface area contributed by atoms with Crippen LogP contribution in [0, 0.1) is 0 Å². The minimum atomic E-state index is -0.793. The van der Waals surface area contributed by atoms with Crippen LogP contribution in [-0.4, -0.2) is 55.2 Å². The molecule has 31 heavy (non-hydrogen) atoms. The van der Waals surface area contributed by atoms with E-state index in [2.05, 4.69) is 5.10 Å². The van der Waals surface area contributed by atoms with Crippen molar-refractivity contribution in [3.8, 4) is 5.75 Å². The molecule has 9 heteroatoms. The predicted octanol–water partition coefficient (Wildman–Crippen LogP) is 1.32. The molecule has 0 unspecified atom stereocenters. The first-order valence-electron chi connectivity index (χ1n) is 9.64. The number of amides is 2. The molecular formula is C22H24N4O5. The van der Waals surface area contributed by atoms with Gasteiger partial charge in [-0.15, -0.1) is 0 Å². The molecule has 2 amide bonds. The zero-order valence-electron chi connectivity index (χ0n) is 17.4. The van der Waals surface area contributed by atoms with Crippen molar-refractivity contribution in [3.63, 3.8) is 0 Å². The van der Waals surface area contributed by atoms with E-state index in [0.717, 1.165) is 11.3 Å². The van der Waals surface area contributed by atoms with E-state index in [-0.39, 0.29) is 18.0 Å². The fraction of sp³-hybridized carbons (Fsp3) is 0.273. The average molecular weight is 424 g/mol. The number of hydrogen-bond acceptors (Lipinski definition) is 7. The molecule has 0 aliphatic carbocycles. The van der Waals surface area contributed by atoms with Crippen molar-refractivity contribution in [1.29, 1.82) is 0 Å². The van der Waals surface area contributed by atoms with Crippen molar-refractivity contribution in [1.82, 2.24) is 4.90 Å². The number of benzene rings is 2. The van der Waals surface area contributed by atoms with Gasteiger partial charge < -0.3 is 20.1 Å². The zero-order valence-corrected chi connectivity index (χ0v) is 17.4. The van der Waals surface area contributed by atoms with Crippen LogP contribution in [0.3, 0.4) is 0 Å². The summed E-state index contributed by atoms with van der Waals surface area (Å²) in [6.07, 6.45) is 0.0128. The lowest BCUT2D eigenvalue weighted by atomic mass is 10.1. The van der Waals surface area contributed by atoms with Crippen LogP contribution in [0.2, 0.25) is 0 Å². The number of carbonyl (C=O) groups is 3. The summed E-state index contributed by atoms with van der Waals surface area (Å²) < 4.78 is 10.2. The standard InChI is InChI=1S/C22H24N4O5/c1-25(13-15-8-10-17(30-2)11-9-15)20(27)14-31-22(29)18-12-19(21(23)28)26(24-18)16-6-4-3-5-7-16/h3-11,19H,12-14H2,1-2H3,(H2,23,28)/t19-/m0/s1. The van der Waals surface area contributed by atoms with Crippen LogP contribution in [0.5, 0.6) is 5.75 Å². The van der Waals surface area contributed by atoms with Crippen molar-refractivity contribution in [3.05, 3.63) is 60.2 Å². The highest BCUT2D eigenvalue weighted by Crippen LogP contribution is 2.24. The normalized spacial score (nSPS) is 15.2. The lowest BCUT2D eigenvalue weighted by Crippen LogP contribution is -2.39. The maximum absolute atomic E-state index is 12.4. The summed E-state index contributed by atoms with van der Waals surface area (Å²) in [5, 5.41) is 5.60. The summed E-state index contributed by atoms with van der Waals surface area (Å²) >= 11 is 0. The van der Waals surface area contributed by atoms with E-state index in [4.69, 9.17) is 15.2 Å². The number of carbonyl (C=O) groups excluding carboxylic acids is 3. The first-order chi connectivity index (χ1) is 14.9. The number of hydrogen-bond donors (Lipinski definition) is 1. The van der Waals surface area contributed by atoms with Crippen LogP contribution < -0.4 is 15.5 Å². The molecule has 0 aromatic heterocycles. The molecule has 1 atom stereocenters. The van der Waals surface area contributed by atoms with Gasteiger partial charge in [0.15, 0.2) is 6.61 Å². The molecule has 1 aliphatic rings. The van der Waals surface area contributed by atoms with E-state index in [0.29, 0.717) is 12.2 Å². The van der Waals surface area contributed by atoms with E-state index in [9.17, 15) is 14.4 Å². The molecule has 0 bridgehead atoms. The molecular weight excluding hydrogens is 400 g/mol. The molecule has 0 fully saturated rings.